The first kappa shape index (κ1) is 21.4. The van der Waals surface area contributed by atoms with Gasteiger partial charge in [-0.25, -0.2) is 0 Å². The Morgan fingerprint density at radius 2 is 2.10 bits per heavy atom. The van der Waals surface area contributed by atoms with Crippen LogP contribution in [0.1, 0.15) is 33.7 Å². The van der Waals surface area contributed by atoms with Gasteiger partial charge in [0.15, 0.2) is 11.0 Å². The van der Waals surface area contributed by atoms with Crippen LogP contribution in [0.5, 0.6) is 0 Å². The van der Waals surface area contributed by atoms with E-state index in [1.54, 1.807) is 12.1 Å². The number of rotatable bonds is 6. The van der Waals surface area contributed by atoms with Gasteiger partial charge in [-0.05, 0) is 37.6 Å². The van der Waals surface area contributed by atoms with Crippen LogP contribution in [0.4, 0.5) is 4.79 Å². The number of hydrogen-bond donors (Lipinski definition) is 1. The minimum Gasteiger partial charge on any atom is -0.467 e. The molecule has 2 fully saturated rings. The van der Waals surface area contributed by atoms with E-state index in [9.17, 15) is 14.4 Å². The molecule has 2 amide bonds. The van der Waals surface area contributed by atoms with Crippen molar-refractivity contribution in [3.05, 3.63) is 59.0 Å². The fraction of sp³-hybridized carbons (Fsp3) is 0.286. The van der Waals surface area contributed by atoms with E-state index in [4.69, 9.17) is 4.42 Å². The van der Waals surface area contributed by atoms with Crippen LogP contribution in [0.25, 0.3) is 0 Å². The maximum absolute atomic E-state index is 13.1. The van der Waals surface area contributed by atoms with Gasteiger partial charge in [0.2, 0.25) is 5.91 Å². The normalized spacial score (nSPS) is 21.4. The number of thioether (sulfide) groups is 2. The molecular weight excluding hydrogens is 436 g/mol. The first-order valence-corrected chi connectivity index (χ1v) is 11.5. The van der Waals surface area contributed by atoms with Gasteiger partial charge in [0, 0.05) is 12.0 Å². The average Bonchev–Trinajstić information content (AvgIpc) is 3.46. The molecule has 0 radical (unpaired) electrons. The second-order valence-corrected chi connectivity index (χ2v) is 9.30. The number of carbonyl (C=O) groups is 3. The number of amidine groups is 2. The van der Waals surface area contributed by atoms with Gasteiger partial charge in [-0.3, -0.25) is 19.3 Å². The molecule has 1 unspecified atom stereocenters. The zero-order valence-corrected chi connectivity index (χ0v) is 18.6. The van der Waals surface area contributed by atoms with Gasteiger partial charge in [0.05, 0.1) is 23.8 Å². The topological polar surface area (TPSA) is 104 Å². The lowest BCUT2D eigenvalue weighted by Crippen LogP contribution is -2.32. The number of Topliss-reactive ketones (excluding diaryl/α,β-unsaturated/α-hetero) is 1. The molecule has 2 aromatic rings. The molecule has 1 aromatic heterocycles. The third-order valence-corrected chi connectivity index (χ3v) is 6.77. The van der Waals surface area contributed by atoms with Crippen molar-refractivity contribution in [3.8, 4) is 0 Å². The maximum Gasteiger partial charge on any atom is 0.284 e. The molecule has 31 heavy (non-hydrogen) atoms. The molecule has 4 rings (SSSR count). The molecule has 0 bridgehead atoms. The highest BCUT2D eigenvalue weighted by Gasteiger charge is 2.40. The van der Waals surface area contributed by atoms with Crippen molar-refractivity contribution in [1.29, 1.82) is 0 Å². The summed E-state index contributed by atoms with van der Waals surface area (Å²) < 4.78 is 5.38. The van der Waals surface area contributed by atoms with Gasteiger partial charge < -0.3 is 9.73 Å². The van der Waals surface area contributed by atoms with Crippen LogP contribution < -0.4 is 5.32 Å². The summed E-state index contributed by atoms with van der Waals surface area (Å²) in [5.74, 6) is 1.13. The zero-order chi connectivity index (χ0) is 22.0. The number of nitrogens with zero attached hydrogens (tertiary/aromatic N) is 3. The zero-order valence-electron chi connectivity index (χ0n) is 17.0. The summed E-state index contributed by atoms with van der Waals surface area (Å²) in [6.45, 7) is 4.01. The standard InChI is InChI=1S/C21H20N4O4S2/c1-12-5-6-13(2)15(8-12)16(26)9-17-19(27)25(10-14-4-3-7-29-14)20(31-17)24-23-18-11-30-21(28)22-18/h3-8,17H,9-11H2,1-2H3,(H,22,23,28). The number of carbonyl (C=O) groups excluding carboxylic acids is 3. The summed E-state index contributed by atoms with van der Waals surface area (Å²) in [7, 11) is 0. The molecule has 160 valence electrons. The van der Waals surface area contributed by atoms with E-state index in [0.29, 0.717) is 28.1 Å². The molecular formula is C21H20N4O4S2. The Hall–Kier alpha value is -2.85. The van der Waals surface area contributed by atoms with Crippen LogP contribution in [-0.2, 0) is 11.3 Å². The number of aryl methyl sites for hydroxylation is 2. The summed E-state index contributed by atoms with van der Waals surface area (Å²) in [6.07, 6.45) is 1.59. The van der Waals surface area contributed by atoms with Crippen molar-refractivity contribution in [1.82, 2.24) is 10.2 Å². The van der Waals surface area contributed by atoms with E-state index < -0.39 is 5.25 Å². The molecule has 1 atom stereocenters. The van der Waals surface area contributed by atoms with Crippen LogP contribution in [0.15, 0.2) is 51.2 Å². The molecule has 2 aliphatic heterocycles. The first-order valence-electron chi connectivity index (χ1n) is 9.60. The van der Waals surface area contributed by atoms with Gasteiger partial charge in [0.1, 0.15) is 11.6 Å². The number of amides is 2. The summed E-state index contributed by atoms with van der Waals surface area (Å²) in [4.78, 5) is 38.9. The van der Waals surface area contributed by atoms with E-state index in [2.05, 4.69) is 15.5 Å². The fourth-order valence-corrected chi connectivity index (χ4v) is 4.89. The minimum absolute atomic E-state index is 0.0601. The van der Waals surface area contributed by atoms with E-state index in [-0.39, 0.29) is 29.9 Å². The molecule has 0 aliphatic carbocycles. The summed E-state index contributed by atoms with van der Waals surface area (Å²) in [5.41, 5.74) is 2.50. The van der Waals surface area contributed by atoms with Crippen molar-refractivity contribution in [2.24, 2.45) is 10.2 Å². The lowest BCUT2D eigenvalue weighted by atomic mass is 9.99. The lowest BCUT2D eigenvalue weighted by molar-refractivity contribution is -0.126. The minimum atomic E-state index is -0.603. The third-order valence-electron chi connectivity index (χ3n) is 4.82. The molecule has 10 heteroatoms. The van der Waals surface area contributed by atoms with Crippen LogP contribution >= 0.6 is 23.5 Å². The number of furan rings is 1. The summed E-state index contributed by atoms with van der Waals surface area (Å²) in [5, 5.41) is 10.5. The Morgan fingerprint density at radius 1 is 1.26 bits per heavy atom. The molecule has 8 nitrogen and oxygen atoms in total. The van der Waals surface area contributed by atoms with Crippen LogP contribution in [0.3, 0.4) is 0 Å². The average molecular weight is 457 g/mol. The predicted molar refractivity (Wildman–Crippen MR) is 121 cm³/mol. The van der Waals surface area contributed by atoms with Crippen molar-refractivity contribution < 1.29 is 18.8 Å². The Labute approximate surface area is 187 Å². The van der Waals surface area contributed by atoms with Gasteiger partial charge >= 0.3 is 0 Å². The summed E-state index contributed by atoms with van der Waals surface area (Å²) in [6, 6.07) is 9.23. The molecule has 1 aromatic carbocycles. The van der Waals surface area contributed by atoms with E-state index in [1.807, 2.05) is 32.0 Å². The van der Waals surface area contributed by atoms with Gasteiger partial charge in [-0.1, -0.05) is 41.2 Å². The van der Waals surface area contributed by atoms with Gasteiger partial charge in [0.25, 0.3) is 5.24 Å². The van der Waals surface area contributed by atoms with Crippen LogP contribution in [0.2, 0.25) is 0 Å². The Morgan fingerprint density at radius 3 is 2.81 bits per heavy atom. The van der Waals surface area contributed by atoms with Crippen molar-refractivity contribution in [2.75, 3.05) is 5.75 Å². The molecule has 0 spiro atoms. The highest BCUT2D eigenvalue weighted by atomic mass is 32.2. The highest BCUT2D eigenvalue weighted by molar-refractivity contribution is 8.15. The molecule has 2 saturated heterocycles. The lowest BCUT2D eigenvalue weighted by Gasteiger charge is -2.14. The summed E-state index contributed by atoms with van der Waals surface area (Å²) >= 11 is 2.31. The third kappa shape index (κ3) is 4.91. The Bertz CT molecular complexity index is 1090. The molecule has 2 aliphatic rings. The Balaban J connectivity index is 1.56. The maximum atomic E-state index is 13.1. The van der Waals surface area contributed by atoms with Gasteiger partial charge in [-0.15, -0.1) is 10.2 Å². The molecule has 1 N–H and O–H groups in total. The van der Waals surface area contributed by atoms with Crippen molar-refractivity contribution in [2.45, 2.75) is 32.1 Å². The SMILES string of the molecule is Cc1ccc(C)c(C(=O)CC2SC(=NN=C3CSC(=O)N3)N(Cc3ccco3)C2=O)c1. The largest absolute Gasteiger partial charge is 0.467 e. The second kappa shape index (κ2) is 9.11. The first-order chi connectivity index (χ1) is 14.9. The van der Waals surface area contributed by atoms with Crippen LogP contribution in [-0.4, -0.2) is 43.8 Å². The Kier molecular flexibility index (Phi) is 6.28. The number of hydrogen-bond acceptors (Lipinski definition) is 8. The van der Waals surface area contributed by atoms with E-state index in [1.165, 1.54) is 22.9 Å². The van der Waals surface area contributed by atoms with E-state index >= 15 is 0 Å². The van der Waals surface area contributed by atoms with Crippen LogP contribution in [0, 0.1) is 13.8 Å². The quantitative estimate of drug-likeness (QED) is 0.525. The van der Waals surface area contributed by atoms with E-state index in [0.717, 1.165) is 22.9 Å². The smallest absolute Gasteiger partial charge is 0.284 e. The molecule has 0 saturated carbocycles. The molecule has 3 heterocycles. The highest BCUT2D eigenvalue weighted by Crippen LogP contribution is 2.32. The number of nitrogens with one attached hydrogen (secondary N) is 1. The second-order valence-electron chi connectivity index (χ2n) is 7.19. The van der Waals surface area contributed by atoms with Gasteiger partial charge in [-0.2, -0.15) is 0 Å². The predicted octanol–water partition coefficient (Wildman–Crippen LogP) is 3.74. The number of ketones is 1. The van der Waals surface area contributed by atoms with Crippen molar-refractivity contribution >= 4 is 51.5 Å². The van der Waals surface area contributed by atoms with Crippen molar-refractivity contribution in [3.63, 3.8) is 0 Å². The fourth-order valence-electron chi connectivity index (χ4n) is 3.22. The number of benzene rings is 1. The monoisotopic (exact) mass is 456 g/mol.